The van der Waals surface area contributed by atoms with E-state index in [0.29, 0.717) is 0 Å². The Morgan fingerprint density at radius 1 is 1.50 bits per heavy atom. The average molecular weight is 124 g/mol. The highest BCUT2D eigenvalue weighted by molar-refractivity contribution is 4.50. The fourth-order valence-electron chi connectivity index (χ4n) is 0.192. The Bertz CT molecular complexity index is 45.7. The summed E-state index contributed by atoms with van der Waals surface area (Å²) in [4.78, 5) is 0. The molecule has 0 bridgehead atoms. The van der Waals surface area contributed by atoms with Gasteiger partial charge < -0.3 is 4.74 Å². The van der Waals surface area contributed by atoms with Gasteiger partial charge in [-0.25, -0.2) is 0 Å². The summed E-state index contributed by atoms with van der Waals surface area (Å²) in [6, 6.07) is 0. The van der Waals surface area contributed by atoms with Crippen molar-refractivity contribution >= 4 is 0 Å². The zero-order chi connectivity index (χ0) is 6.99. The lowest BCUT2D eigenvalue weighted by molar-refractivity contribution is 0.108. The second-order valence-corrected chi connectivity index (χ2v) is 1.35. The molecule has 0 heterocycles. The third-order valence-corrected chi connectivity index (χ3v) is 0.368. The summed E-state index contributed by atoms with van der Waals surface area (Å²) >= 11 is 0. The molecule has 0 N–H and O–H groups in total. The molecular formula is C5H10F2O. The minimum Gasteiger partial charge on any atom is -0.499 e. The van der Waals surface area contributed by atoms with E-state index in [-0.39, 0.29) is 6.10 Å². The third kappa shape index (κ3) is 18.2. The normalized spacial score (nSPS) is 7.12. The van der Waals surface area contributed by atoms with E-state index in [4.69, 9.17) is 13.9 Å². The smallest absolute Gasteiger partial charge is 0.0922 e. The largest absolute Gasteiger partial charge is 0.499 e. The quantitative estimate of drug-likeness (QED) is 0.513. The first-order valence-corrected chi connectivity index (χ1v) is 2.18. The Labute approximate surface area is 47.8 Å². The van der Waals surface area contributed by atoms with Crippen molar-refractivity contribution in [3.63, 3.8) is 0 Å². The average Bonchev–Trinajstić information content (AvgIpc) is 1.72. The van der Waals surface area contributed by atoms with Gasteiger partial charge in [-0.1, -0.05) is 6.58 Å². The lowest BCUT2D eigenvalue weighted by Crippen LogP contribution is -1.93. The Hall–Kier alpha value is -0.600. The van der Waals surface area contributed by atoms with E-state index in [2.05, 4.69) is 6.58 Å². The van der Waals surface area contributed by atoms with Crippen molar-refractivity contribution in [3.8, 4) is 0 Å². The van der Waals surface area contributed by atoms with Crippen LogP contribution < -0.4 is 0 Å². The van der Waals surface area contributed by atoms with E-state index in [1.54, 1.807) is 0 Å². The van der Waals surface area contributed by atoms with Gasteiger partial charge in [-0.3, -0.25) is 0 Å². The van der Waals surface area contributed by atoms with Crippen LogP contribution in [0.25, 0.3) is 0 Å². The van der Waals surface area contributed by atoms with E-state index in [1.807, 2.05) is 13.8 Å². The Morgan fingerprint density at radius 2 is 1.88 bits per heavy atom. The van der Waals surface area contributed by atoms with Crippen LogP contribution in [0.1, 0.15) is 13.8 Å². The summed E-state index contributed by atoms with van der Waals surface area (Å²) in [6.45, 7) is 7.30. The van der Waals surface area contributed by atoms with Crippen molar-refractivity contribution in [1.82, 2.24) is 0 Å². The van der Waals surface area contributed by atoms with Gasteiger partial charge in [-0.2, -0.15) is 0 Å². The Morgan fingerprint density at radius 3 is 1.88 bits per heavy atom. The molecule has 0 rings (SSSR count). The predicted molar refractivity (Wildman–Crippen MR) is 28.6 cm³/mol. The van der Waals surface area contributed by atoms with E-state index >= 15 is 0 Å². The molecule has 0 aromatic heterocycles. The van der Waals surface area contributed by atoms with E-state index in [0.717, 1.165) is 0 Å². The number of hydrogen-bond acceptors (Lipinski definition) is 1. The zero-order valence-corrected chi connectivity index (χ0v) is 5.03. The molecule has 0 aliphatic carbocycles. The Kier molecular flexibility index (Phi) is 12.5. The maximum absolute atomic E-state index is 8.00. The number of ether oxygens (including phenoxy) is 1. The summed E-state index contributed by atoms with van der Waals surface area (Å²) in [5.74, 6) is 0. The minimum atomic E-state index is 0.280. The molecule has 0 aliphatic heterocycles. The first-order valence-electron chi connectivity index (χ1n) is 2.18. The molecular weight excluding hydrogens is 114 g/mol. The van der Waals surface area contributed by atoms with Gasteiger partial charge in [-0.05, 0) is 13.8 Å². The molecule has 0 atom stereocenters. The predicted octanol–water partition coefficient (Wildman–Crippen LogP) is 2.40. The molecule has 8 heavy (non-hydrogen) atoms. The van der Waals surface area contributed by atoms with Crippen molar-refractivity contribution in [2.45, 2.75) is 20.0 Å². The second kappa shape index (κ2) is 9.64. The summed E-state index contributed by atoms with van der Waals surface area (Å²) < 4.78 is 20.8. The fourth-order valence-corrected chi connectivity index (χ4v) is 0.192. The number of hydrogen-bond donors (Lipinski definition) is 0. The lowest BCUT2D eigenvalue weighted by atomic mass is 10.5. The highest BCUT2D eigenvalue weighted by atomic mass is 20.0. The minimum absolute atomic E-state index is 0.280. The molecule has 1 nitrogen and oxygen atoms in total. The van der Waals surface area contributed by atoms with E-state index < -0.39 is 0 Å². The highest BCUT2D eigenvalue weighted by Gasteiger charge is 1.81. The topological polar surface area (TPSA) is 9.23 Å². The fraction of sp³-hybridized carbons (Fsp3) is 0.600. The molecule has 0 saturated carbocycles. The van der Waals surface area contributed by atoms with Crippen LogP contribution >= 0.6 is 0 Å². The summed E-state index contributed by atoms with van der Waals surface area (Å²) in [5, 5.41) is 0. The lowest BCUT2D eigenvalue weighted by Gasteiger charge is -1.99. The molecule has 50 valence electrons. The van der Waals surface area contributed by atoms with Crippen LogP contribution in [0.4, 0.5) is 9.15 Å². The molecule has 0 amide bonds. The van der Waals surface area contributed by atoms with E-state index in [9.17, 15) is 0 Å². The first-order chi connectivity index (χ1) is 3.77. The summed E-state index contributed by atoms with van der Waals surface area (Å²) in [7, 11) is 0. The van der Waals surface area contributed by atoms with E-state index in [1.165, 1.54) is 6.26 Å². The van der Waals surface area contributed by atoms with Crippen LogP contribution in [0.2, 0.25) is 0 Å². The van der Waals surface area contributed by atoms with Crippen LogP contribution in [-0.2, 0) is 4.74 Å². The summed E-state index contributed by atoms with van der Waals surface area (Å²) in [5.41, 5.74) is 0. The highest BCUT2D eigenvalue weighted by Crippen LogP contribution is 1.83. The third-order valence-electron chi connectivity index (χ3n) is 0.368. The van der Waals surface area contributed by atoms with Gasteiger partial charge in [0.05, 0.1) is 12.4 Å². The maximum Gasteiger partial charge on any atom is 0.0922 e. The Balaban J connectivity index is 0. The van der Waals surface area contributed by atoms with Crippen LogP contribution in [0, 0.1) is 0 Å². The molecule has 0 aromatic carbocycles. The van der Waals surface area contributed by atoms with Crippen molar-refractivity contribution < 1.29 is 13.9 Å². The van der Waals surface area contributed by atoms with Gasteiger partial charge in [0.25, 0.3) is 0 Å². The number of rotatable bonds is 2. The molecule has 0 fully saturated rings. The standard InChI is InChI=1S/C5H10O.F2/c1-4-6-5(2)3;1-2/h4-5H,1H2,2-3H3;. The van der Waals surface area contributed by atoms with Gasteiger partial charge in [-0.15, -0.1) is 0 Å². The van der Waals surface area contributed by atoms with Crippen LogP contribution in [0.5, 0.6) is 0 Å². The van der Waals surface area contributed by atoms with Gasteiger partial charge in [0.15, 0.2) is 0 Å². The van der Waals surface area contributed by atoms with Gasteiger partial charge in [0.2, 0.25) is 0 Å². The monoisotopic (exact) mass is 124 g/mol. The van der Waals surface area contributed by atoms with Crippen molar-refractivity contribution in [3.05, 3.63) is 12.8 Å². The van der Waals surface area contributed by atoms with Crippen molar-refractivity contribution in [1.29, 1.82) is 0 Å². The van der Waals surface area contributed by atoms with Crippen LogP contribution in [-0.4, -0.2) is 6.10 Å². The SMILES string of the molecule is C=COC(C)C.FF. The van der Waals surface area contributed by atoms with Crippen LogP contribution in [0.3, 0.4) is 0 Å². The number of halogens is 2. The van der Waals surface area contributed by atoms with Crippen molar-refractivity contribution in [2.75, 3.05) is 0 Å². The van der Waals surface area contributed by atoms with Gasteiger partial charge in [0.1, 0.15) is 0 Å². The maximum atomic E-state index is 8.00. The zero-order valence-electron chi connectivity index (χ0n) is 5.03. The van der Waals surface area contributed by atoms with Crippen LogP contribution in [0.15, 0.2) is 12.8 Å². The second-order valence-electron chi connectivity index (χ2n) is 1.35. The molecule has 0 aliphatic rings. The molecule has 0 saturated heterocycles. The van der Waals surface area contributed by atoms with Crippen molar-refractivity contribution in [2.24, 2.45) is 0 Å². The molecule has 0 aromatic rings. The summed E-state index contributed by atoms with van der Waals surface area (Å²) in [6.07, 6.45) is 1.73. The first kappa shape index (κ1) is 10.4. The molecule has 0 spiro atoms. The van der Waals surface area contributed by atoms with Gasteiger partial charge in [0, 0.05) is 9.15 Å². The molecule has 3 heteroatoms. The van der Waals surface area contributed by atoms with Gasteiger partial charge >= 0.3 is 0 Å². The molecule has 0 unspecified atom stereocenters. The molecule has 0 radical (unpaired) electrons.